The number of ether oxygens (including phenoxy) is 1. The summed E-state index contributed by atoms with van der Waals surface area (Å²) in [5.41, 5.74) is 1.32. The van der Waals surface area contributed by atoms with E-state index in [1.165, 1.54) is 4.40 Å². The Morgan fingerprint density at radius 2 is 2.16 bits per heavy atom. The molecule has 0 aliphatic rings. The molecule has 3 heterocycles. The lowest BCUT2D eigenvalue weighted by Crippen LogP contribution is -2.34. The number of rotatable bonds is 6. The number of carbonyl (C=O) groups is 1. The Morgan fingerprint density at radius 3 is 2.88 bits per heavy atom. The molecule has 25 heavy (non-hydrogen) atoms. The third-order valence-electron chi connectivity index (χ3n) is 3.59. The van der Waals surface area contributed by atoms with Crippen molar-refractivity contribution in [2.24, 2.45) is 0 Å². The Bertz CT molecular complexity index is 948. The lowest BCUT2D eigenvalue weighted by atomic mass is 10.2. The van der Waals surface area contributed by atoms with E-state index in [1.807, 2.05) is 18.2 Å². The van der Waals surface area contributed by atoms with Crippen LogP contribution in [0.25, 0.3) is 17.0 Å². The Hall–Kier alpha value is -3.07. The number of carbonyl (C=O) groups excluding carboxylic acids is 1. The van der Waals surface area contributed by atoms with E-state index >= 15 is 0 Å². The van der Waals surface area contributed by atoms with E-state index in [4.69, 9.17) is 4.74 Å². The molecule has 0 aliphatic carbocycles. The van der Waals surface area contributed by atoms with Gasteiger partial charge in [0, 0.05) is 25.9 Å². The molecule has 9 heteroatoms. The number of aryl methyl sites for hydroxylation is 1. The molecule has 0 fully saturated rings. The van der Waals surface area contributed by atoms with Gasteiger partial charge in [0.25, 0.3) is 0 Å². The molecule has 130 valence electrons. The van der Waals surface area contributed by atoms with Crippen LogP contribution in [0.5, 0.6) is 0 Å². The molecule has 1 N–H and O–H groups in total. The average Bonchev–Trinajstić information content (AvgIpc) is 2.92. The first kappa shape index (κ1) is 16.8. The molecule has 0 unspecified atom stereocenters. The number of methoxy groups -OCH3 is 1. The number of nitrogens with one attached hydrogen (secondary N) is 1. The summed E-state index contributed by atoms with van der Waals surface area (Å²) in [5.74, 6) is 0.173. The molecule has 3 rings (SSSR count). The van der Waals surface area contributed by atoms with E-state index < -0.39 is 5.69 Å². The second kappa shape index (κ2) is 7.22. The molecule has 0 spiro atoms. The summed E-state index contributed by atoms with van der Waals surface area (Å²) in [4.78, 5) is 33.0. The van der Waals surface area contributed by atoms with Crippen molar-refractivity contribution in [3.05, 3.63) is 46.8 Å². The van der Waals surface area contributed by atoms with Crippen molar-refractivity contribution in [1.29, 1.82) is 0 Å². The van der Waals surface area contributed by atoms with E-state index in [0.29, 0.717) is 36.0 Å². The maximum atomic E-state index is 12.5. The van der Waals surface area contributed by atoms with Crippen LogP contribution in [0.3, 0.4) is 0 Å². The lowest BCUT2D eigenvalue weighted by molar-refractivity contribution is -0.122. The molecule has 1 amide bonds. The van der Waals surface area contributed by atoms with E-state index in [1.54, 1.807) is 26.3 Å². The third-order valence-corrected chi connectivity index (χ3v) is 3.59. The van der Waals surface area contributed by atoms with Gasteiger partial charge in [-0.3, -0.25) is 9.78 Å². The van der Waals surface area contributed by atoms with Crippen LogP contribution in [0.15, 0.2) is 35.3 Å². The molecule has 0 radical (unpaired) electrons. The number of fused-ring (bicyclic) bond motifs is 1. The molecule has 0 saturated carbocycles. The molecule has 0 saturated heterocycles. The van der Waals surface area contributed by atoms with Gasteiger partial charge in [-0.15, -0.1) is 5.10 Å². The fraction of sp³-hybridized carbons (Fsp3) is 0.312. The number of amides is 1. The van der Waals surface area contributed by atoms with Gasteiger partial charge in [0.15, 0.2) is 5.65 Å². The quantitative estimate of drug-likeness (QED) is 0.634. The fourth-order valence-corrected chi connectivity index (χ4v) is 2.43. The Morgan fingerprint density at radius 1 is 1.32 bits per heavy atom. The number of hydrogen-bond donors (Lipinski definition) is 1. The second-order valence-corrected chi connectivity index (χ2v) is 5.38. The average molecular weight is 342 g/mol. The van der Waals surface area contributed by atoms with Gasteiger partial charge in [0.2, 0.25) is 5.91 Å². The first-order valence-electron chi connectivity index (χ1n) is 7.74. The van der Waals surface area contributed by atoms with Gasteiger partial charge in [0.05, 0.1) is 18.0 Å². The van der Waals surface area contributed by atoms with Crippen LogP contribution in [0, 0.1) is 6.92 Å². The predicted octanol–water partition coefficient (Wildman–Crippen LogP) is 0.0240. The van der Waals surface area contributed by atoms with E-state index in [2.05, 4.69) is 20.4 Å². The van der Waals surface area contributed by atoms with Crippen molar-refractivity contribution in [3.8, 4) is 11.4 Å². The van der Waals surface area contributed by atoms with E-state index in [0.717, 1.165) is 4.68 Å². The molecular weight excluding hydrogens is 324 g/mol. The highest BCUT2D eigenvalue weighted by molar-refractivity contribution is 5.75. The van der Waals surface area contributed by atoms with E-state index in [9.17, 15) is 9.59 Å². The van der Waals surface area contributed by atoms with Gasteiger partial charge in [0.1, 0.15) is 12.4 Å². The highest BCUT2D eigenvalue weighted by atomic mass is 16.5. The summed E-state index contributed by atoms with van der Waals surface area (Å²) >= 11 is 0. The number of hydrogen-bond acceptors (Lipinski definition) is 6. The normalized spacial score (nSPS) is 11.0. The van der Waals surface area contributed by atoms with Crippen molar-refractivity contribution >= 4 is 11.6 Å². The van der Waals surface area contributed by atoms with Crippen molar-refractivity contribution in [2.75, 3.05) is 20.3 Å². The largest absolute Gasteiger partial charge is 0.383 e. The smallest absolute Gasteiger partial charge is 0.352 e. The summed E-state index contributed by atoms with van der Waals surface area (Å²) in [6.45, 7) is 2.33. The van der Waals surface area contributed by atoms with Crippen molar-refractivity contribution in [1.82, 2.24) is 29.5 Å². The summed E-state index contributed by atoms with van der Waals surface area (Å²) in [5, 5.41) is 6.89. The molecule has 3 aromatic rings. The number of nitrogens with zero attached hydrogens (tertiary/aromatic N) is 5. The molecule has 0 atom stereocenters. The van der Waals surface area contributed by atoms with Crippen molar-refractivity contribution in [2.45, 2.75) is 13.5 Å². The van der Waals surface area contributed by atoms with Crippen LogP contribution < -0.4 is 11.0 Å². The van der Waals surface area contributed by atoms with Gasteiger partial charge >= 0.3 is 5.69 Å². The number of aromatic nitrogens is 5. The van der Waals surface area contributed by atoms with Crippen LogP contribution in [0.1, 0.15) is 5.82 Å². The maximum Gasteiger partial charge on any atom is 0.352 e. The van der Waals surface area contributed by atoms with Crippen molar-refractivity contribution < 1.29 is 9.53 Å². The highest BCUT2D eigenvalue weighted by Crippen LogP contribution is 2.15. The Kier molecular flexibility index (Phi) is 4.85. The first-order valence-corrected chi connectivity index (χ1v) is 7.74. The zero-order chi connectivity index (χ0) is 17.8. The molecular formula is C16H18N6O3. The topological polar surface area (TPSA) is 103 Å². The predicted molar refractivity (Wildman–Crippen MR) is 90.1 cm³/mol. The Balaban J connectivity index is 1.92. The SMILES string of the molecule is COCCNC(=O)Cn1nc2cc(-c3ccccn3)nc(C)n2c1=O. The second-order valence-electron chi connectivity index (χ2n) is 5.38. The Labute approximate surface area is 143 Å². The van der Waals surface area contributed by atoms with Crippen LogP contribution in [0.4, 0.5) is 0 Å². The highest BCUT2D eigenvalue weighted by Gasteiger charge is 2.14. The van der Waals surface area contributed by atoms with Gasteiger partial charge < -0.3 is 10.1 Å². The monoisotopic (exact) mass is 342 g/mol. The molecule has 9 nitrogen and oxygen atoms in total. The van der Waals surface area contributed by atoms with Crippen LogP contribution in [-0.2, 0) is 16.1 Å². The van der Waals surface area contributed by atoms with Crippen LogP contribution in [0.2, 0.25) is 0 Å². The lowest BCUT2D eigenvalue weighted by Gasteiger charge is -2.03. The molecule has 3 aromatic heterocycles. The van der Waals surface area contributed by atoms with Gasteiger partial charge in [-0.2, -0.15) is 0 Å². The summed E-state index contributed by atoms with van der Waals surface area (Å²) < 4.78 is 7.36. The third kappa shape index (κ3) is 3.56. The van der Waals surface area contributed by atoms with Crippen LogP contribution in [-0.4, -0.2) is 50.3 Å². The summed E-state index contributed by atoms with van der Waals surface area (Å²) in [6.07, 6.45) is 1.67. The minimum Gasteiger partial charge on any atom is -0.383 e. The molecule has 0 aliphatic heterocycles. The first-order chi connectivity index (χ1) is 12.1. The fourth-order valence-electron chi connectivity index (χ4n) is 2.43. The molecule has 0 aromatic carbocycles. The maximum absolute atomic E-state index is 12.5. The van der Waals surface area contributed by atoms with Crippen molar-refractivity contribution in [3.63, 3.8) is 0 Å². The van der Waals surface area contributed by atoms with Gasteiger partial charge in [-0.1, -0.05) is 6.07 Å². The van der Waals surface area contributed by atoms with Gasteiger partial charge in [-0.25, -0.2) is 18.9 Å². The standard InChI is InChI=1S/C16H18N6O3/c1-11-19-13(12-5-3-4-6-17-12)9-14-20-21(16(24)22(11)14)10-15(23)18-7-8-25-2/h3-6,9H,7-8,10H2,1-2H3,(H,18,23). The van der Waals surface area contributed by atoms with Crippen LogP contribution >= 0.6 is 0 Å². The minimum absolute atomic E-state index is 0.164. The minimum atomic E-state index is -0.408. The zero-order valence-corrected chi connectivity index (χ0v) is 14.0. The summed E-state index contributed by atoms with van der Waals surface area (Å²) in [6, 6.07) is 7.18. The summed E-state index contributed by atoms with van der Waals surface area (Å²) in [7, 11) is 1.55. The zero-order valence-electron chi connectivity index (χ0n) is 14.0. The van der Waals surface area contributed by atoms with Gasteiger partial charge in [-0.05, 0) is 19.1 Å². The van der Waals surface area contributed by atoms with E-state index in [-0.39, 0.29) is 12.5 Å². The molecule has 0 bridgehead atoms. The number of pyridine rings is 1.